The van der Waals surface area contributed by atoms with Gasteiger partial charge in [-0.2, -0.15) is 0 Å². The largest absolute Gasteiger partial charge is 0.495 e. The van der Waals surface area contributed by atoms with Crippen molar-refractivity contribution in [1.82, 2.24) is 10.3 Å². The van der Waals surface area contributed by atoms with Crippen molar-refractivity contribution in [3.05, 3.63) is 28.4 Å². The molecule has 6 heteroatoms. The smallest absolute Gasteiger partial charge is 0.216 e. The second kappa shape index (κ2) is 6.18. The summed E-state index contributed by atoms with van der Waals surface area (Å²) in [6.45, 7) is 3.43. The second-order valence-corrected chi connectivity index (χ2v) is 5.21. The number of carbonyl (C=O) groups is 2. The monoisotopic (exact) mass is 308 g/mol. The van der Waals surface area contributed by atoms with E-state index in [0.29, 0.717) is 29.4 Å². The van der Waals surface area contributed by atoms with Crippen LogP contribution in [0.5, 0.6) is 5.75 Å². The van der Waals surface area contributed by atoms with Gasteiger partial charge >= 0.3 is 0 Å². The van der Waals surface area contributed by atoms with E-state index in [-0.39, 0.29) is 11.7 Å². The fraction of sp³-hybridized carbons (Fsp3) is 0.333. The molecule has 0 fully saturated rings. The van der Waals surface area contributed by atoms with Crippen molar-refractivity contribution >= 4 is 34.2 Å². The number of hydrogen-bond donors (Lipinski definition) is 2. The molecule has 0 aliphatic rings. The standard InChI is InChI=1S/C15H17ClN2O3/c1-8(19)15-10(4-5-17-9(2)20)11-6-14(21-3)12(16)7-13(11)18-15/h6-7,18H,4-5H2,1-3H3,(H,17,20). The van der Waals surface area contributed by atoms with Gasteiger partial charge in [-0.15, -0.1) is 0 Å². The van der Waals surface area contributed by atoms with Crippen LogP contribution in [-0.4, -0.2) is 30.3 Å². The maximum absolute atomic E-state index is 11.8. The minimum atomic E-state index is -0.0974. The summed E-state index contributed by atoms with van der Waals surface area (Å²) in [4.78, 5) is 25.9. The average Bonchev–Trinajstić information content (AvgIpc) is 2.75. The molecule has 1 amide bonds. The number of benzene rings is 1. The molecule has 2 aromatic rings. The van der Waals surface area contributed by atoms with E-state index in [0.717, 1.165) is 16.5 Å². The van der Waals surface area contributed by atoms with Crippen LogP contribution in [0.1, 0.15) is 29.9 Å². The predicted octanol–water partition coefficient (Wildman–Crippen LogP) is 2.71. The molecule has 2 N–H and O–H groups in total. The molecule has 21 heavy (non-hydrogen) atoms. The maximum atomic E-state index is 11.8. The molecule has 0 saturated heterocycles. The van der Waals surface area contributed by atoms with E-state index in [1.807, 2.05) is 6.07 Å². The first kappa shape index (κ1) is 15.4. The zero-order valence-corrected chi connectivity index (χ0v) is 12.9. The Hall–Kier alpha value is -2.01. The molecule has 5 nitrogen and oxygen atoms in total. The average molecular weight is 309 g/mol. The van der Waals surface area contributed by atoms with Gasteiger partial charge in [-0.1, -0.05) is 11.6 Å². The van der Waals surface area contributed by atoms with E-state index < -0.39 is 0 Å². The van der Waals surface area contributed by atoms with E-state index in [1.54, 1.807) is 13.2 Å². The van der Waals surface area contributed by atoms with Gasteiger partial charge in [0.15, 0.2) is 5.78 Å². The van der Waals surface area contributed by atoms with E-state index in [1.165, 1.54) is 13.8 Å². The van der Waals surface area contributed by atoms with Gasteiger partial charge in [0.1, 0.15) is 5.75 Å². The quantitative estimate of drug-likeness (QED) is 0.834. The van der Waals surface area contributed by atoms with Crippen LogP contribution < -0.4 is 10.1 Å². The van der Waals surface area contributed by atoms with Crippen molar-refractivity contribution in [2.24, 2.45) is 0 Å². The van der Waals surface area contributed by atoms with Crippen molar-refractivity contribution in [2.75, 3.05) is 13.7 Å². The Morgan fingerprint density at radius 1 is 1.33 bits per heavy atom. The van der Waals surface area contributed by atoms with Crippen molar-refractivity contribution in [2.45, 2.75) is 20.3 Å². The van der Waals surface area contributed by atoms with Crippen LogP contribution in [0.3, 0.4) is 0 Å². The summed E-state index contributed by atoms with van der Waals surface area (Å²) in [5.41, 5.74) is 2.18. The normalized spacial score (nSPS) is 10.7. The molecular formula is C15H17ClN2O3. The molecular weight excluding hydrogens is 292 g/mol. The Morgan fingerprint density at radius 3 is 2.62 bits per heavy atom. The van der Waals surface area contributed by atoms with Gasteiger partial charge in [0, 0.05) is 31.3 Å². The molecule has 0 spiro atoms. The minimum Gasteiger partial charge on any atom is -0.495 e. The molecule has 1 aromatic heterocycles. The van der Waals surface area contributed by atoms with Crippen LogP contribution in [0.2, 0.25) is 5.02 Å². The molecule has 0 radical (unpaired) electrons. The van der Waals surface area contributed by atoms with Gasteiger partial charge in [0.2, 0.25) is 5.91 Å². The number of fused-ring (bicyclic) bond motifs is 1. The zero-order valence-electron chi connectivity index (χ0n) is 12.2. The number of halogens is 1. The number of carbonyl (C=O) groups excluding carboxylic acids is 2. The van der Waals surface area contributed by atoms with Gasteiger partial charge in [0.05, 0.1) is 17.8 Å². The van der Waals surface area contributed by atoms with Gasteiger partial charge in [-0.25, -0.2) is 0 Å². The number of methoxy groups -OCH3 is 1. The molecule has 112 valence electrons. The van der Waals surface area contributed by atoms with Gasteiger partial charge in [-0.05, 0) is 24.1 Å². The Labute approximate surface area is 127 Å². The number of hydrogen-bond acceptors (Lipinski definition) is 3. The van der Waals surface area contributed by atoms with Crippen LogP contribution >= 0.6 is 11.6 Å². The van der Waals surface area contributed by atoms with Crippen molar-refractivity contribution in [3.8, 4) is 5.75 Å². The summed E-state index contributed by atoms with van der Waals surface area (Å²) < 4.78 is 5.22. The molecule has 0 atom stereocenters. The molecule has 1 aromatic carbocycles. The summed E-state index contributed by atoms with van der Waals surface area (Å²) in [5, 5.41) is 4.10. The van der Waals surface area contributed by atoms with Gasteiger partial charge < -0.3 is 15.0 Å². The van der Waals surface area contributed by atoms with Crippen LogP contribution in [0, 0.1) is 0 Å². The fourth-order valence-electron chi connectivity index (χ4n) is 2.33. The summed E-state index contributed by atoms with van der Waals surface area (Å²) in [7, 11) is 1.54. The Balaban J connectivity index is 2.50. The summed E-state index contributed by atoms with van der Waals surface area (Å²) in [5.74, 6) is 0.401. The SMILES string of the molecule is COc1cc2c(CCNC(C)=O)c(C(C)=O)[nH]c2cc1Cl. The third-order valence-electron chi connectivity index (χ3n) is 3.28. The lowest BCUT2D eigenvalue weighted by atomic mass is 10.1. The molecule has 0 aliphatic carbocycles. The third kappa shape index (κ3) is 3.19. The number of ether oxygens (including phenoxy) is 1. The summed E-state index contributed by atoms with van der Waals surface area (Å²) >= 11 is 6.10. The lowest BCUT2D eigenvalue weighted by Crippen LogP contribution is -2.22. The highest BCUT2D eigenvalue weighted by atomic mass is 35.5. The van der Waals surface area contributed by atoms with Crippen LogP contribution in [0.25, 0.3) is 10.9 Å². The molecule has 0 bridgehead atoms. The Bertz CT molecular complexity index is 706. The molecule has 2 rings (SSSR count). The maximum Gasteiger partial charge on any atom is 0.216 e. The number of amides is 1. The van der Waals surface area contributed by atoms with Crippen LogP contribution in [0.15, 0.2) is 12.1 Å². The number of aromatic amines is 1. The molecule has 0 unspecified atom stereocenters. The third-order valence-corrected chi connectivity index (χ3v) is 3.57. The Morgan fingerprint density at radius 2 is 2.05 bits per heavy atom. The van der Waals surface area contributed by atoms with Gasteiger partial charge in [0.25, 0.3) is 0 Å². The highest BCUT2D eigenvalue weighted by Gasteiger charge is 2.16. The van der Waals surface area contributed by atoms with E-state index in [4.69, 9.17) is 16.3 Å². The molecule has 0 aliphatic heterocycles. The predicted molar refractivity (Wildman–Crippen MR) is 82.3 cm³/mol. The van der Waals surface area contributed by atoms with E-state index in [9.17, 15) is 9.59 Å². The number of ketones is 1. The van der Waals surface area contributed by atoms with Crippen molar-refractivity contribution in [1.29, 1.82) is 0 Å². The van der Waals surface area contributed by atoms with Crippen molar-refractivity contribution < 1.29 is 14.3 Å². The highest BCUT2D eigenvalue weighted by Crippen LogP contribution is 2.33. The second-order valence-electron chi connectivity index (χ2n) is 4.80. The number of Topliss-reactive ketones (excluding diaryl/α,β-unsaturated/α-hetero) is 1. The minimum absolute atomic E-state index is 0.0564. The molecule has 1 heterocycles. The first-order valence-electron chi connectivity index (χ1n) is 6.57. The number of aromatic nitrogens is 1. The van der Waals surface area contributed by atoms with Crippen LogP contribution in [0.4, 0.5) is 0 Å². The van der Waals surface area contributed by atoms with Crippen molar-refractivity contribution in [3.63, 3.8) is 0 Å². The van der Waals surface area contributed by atoms with E-state index in [2.05, 4.69) is 10.3 Å². The first-order chi connectivity index (χ1) is 9.93. The lowest BCUT2D eigenvalue weighted by Gasteiger charge is -2.06. The fourth-order valence-corrected chi connectivity index (χ4v) is 2.57. The van der Waals surface area contributed by atoms with E-state index >= 15 is 0 Å². The van der Waals surface area contributed by atoms with Crippen LogP contribution in [-0.2, 0) is 11.2 Å². The number of nitrogens with one attached hydrogen (secondary N) is 2. The number of rotatable bonds is 5. The highest BCUT2D eigenvalue weighted by molar-refractivity contribution is 6.32. The lowest BCUT2D eigenvalue weighted by molar-refractivity contribution is -0.118. The van der Waals surface area contributed by atoms with Gasteiger partial charge in [-0.3, -0.25) is 9.59 Å². The topological polar surface area (TPSA) is 71.2 Å². The zero-order chi connectivity index (χ0) is 15.6. The number of H-pyrrole nitrogens is 1. The molecule has 0 saturated carbocycles. The summed E-state index contributed by atoms with van der Waals surface area (Å²) in [6, 6.07) is 3.55. The summed E-state index contributed by atoms with van der Waals surface area (Å²) in [6.07, 6.45) is 0.555. The Kier molecular flexibility index (Phi) is 4.53. The first-order valence-corrected chi connectivity index (χ1v) is 6.95.